The van der Waals surface area contributed by atoms with E-state index in [-0.39, 0.29) is 5.60 Å². The van der Waals surface area contributed by atoms with E-state index in [0.717, 1.165) is 0 Å². The van der Waals surface area contributed by atoms with E-state index in [1.165, 1.54) is 19.3 Å². The van der Waals surface area contributed by atoms with Crippen molar-refractivity contribution in [3.8, 4) is 0 Å². The highest BCUT2D eigenvalue weighted by Crippen LogP contribution is 2.38. The molecule has 0 aromatic heterocycles. The normalized spacial score (nSPS) is 31.6. The molecule has 0 spiro atoms. The van der Waals surface area contributed by atoms with E-state index in [9.17, 15) is 0 Å². The third-order valence-corrected chi connectivity index (χ3v) is 3.34. The van der Waals surface area contributed by atoms with Crippen molar-refractivity contribution in [1.29, 1.82) is 0 Å². The minimum atomic E-state index is -0.0345. The van der Waals surface area contributed by atoms with Crippen LogP contribution in [0.3, 0.4) is 0 Å². The molecule has 2 nitrogen and oxygen atoms in total. The third kappa shape index (κ3) is 3.46. The lowest BCUT2D eigenvalue weighted by molar-refractivity contribution is -0.108. The zero-order valence-corrected chi connectivity index (χ0v) is 11.2. The van der Waals surface area contributed by atoms with Crippen LogP contribution in [0.5, 0.6) is 0 Å². The monoisotopic (exact) mass is 213 g/mol. The summed E-state index contributed by atoms with van der Waals surface area (Å²) in [5.41, 5.74) is 0.316. The van der Waals surface area contributed by atoms with E-state index in [1.54, 1.807) is 0 Å². The number of hydrogen-bond donors (Lipinski definition) is 1. The van der Waals surface area contributed by atoms with Gasteiger partial charge in [-0.05, 0) is 46.1 Å². The van der Waals surface area contributed by atoms with Crippen molar-refractivity contribution in [2.75, 3.05) is 7.05 Å². The fraction of sp³-hybridized carbons (Fsp3) is 1.00. The Hall–Kier alpha value is -0.0800. The minimum absolute atomic E-state index is 0.0345. The maximum atomic E-state index is 6.16. The summed E-state index contributed by atoms with van der Waals surface area (Å²) < 4.78 is 6.16. The average Bonchev–Trinajstić information content (AvgIpc) is 1.99. The molecular formula is C13H27NO. The van der Waals surface area contributed by atoms with Crippen molar-refractivity contribution < 1.29 is 4.74 Å². The second-order valence-corrected chi connectivity index (χ2v) is 6.42. The summed E-state index contributed by atoms with van der Waals surface area (Å²) in [6.45, 7) is 11.1. The lowest BCUT2D eigenvalue weighted by Crippen LogP contribution is -2.53. The molecule has 90 valence electrons. The molecule has 1 aliphatic rings. The first kappa shape index (κ1) is 13.0. The van der Waals surface area contributed by atoms with Gasteiger partial charge in [-0.3, -0.25) is 0 Å². The van der Waals surface area contributed by atoms with Crippen molar-refractivity contribution in [3.05, 3.63) is 0 Å². The Kier molecular flexibility index (Phi) is 3.83. The van der Waals surface area contributed by atoms with Gasteiger partial charge in [0.1, 0.15) is 0 Å². The fourth-order valence-corrected chi connectivity index (χ4v) is 2.74. The summed E-state index contributed by atoms with van der Waals surface area (Å²) in [7, 11) is 2.05. The fourth-order valence-electron chi connectivity index (χ4n) is 2.74. The largest absolute Gasteiger partial charge is 0.371 e. The number of rotatable bonds is 2. The van der Waals surface area contributed by atoms with Crippen LogP contribution < -0.4 is 5.32 Å². The summed E-state index contributed by atoms with van der Waals surface area (Å²) >= 11 is 0. The molecule has 0 aromatic carbocycles. The third-order valence-electron chi connectivity index (χ3n) is 3.34. The highest BCUT2D eigenvalue weighted by Gasteiger charge is 2.39. The summed E-state index contributed by atoms with van der Waals surface area (Å²) in [5.74, 6) is 0. The molecule has 1 fully saturated rings. The lowest BCUT2D eigenvalue weighted by Gasteiger charge is -2.45. The zero-order valence-electron chi connectivity index (χ0n) is 11.2. The van der Waals surface area contributed by atoms with Gasteiger partial charge in [-0.2, -0.15) is 0 Å². The molecule has 0 aromatic rings. The van der Waals surface area contributed by atoms with Crippen molar-refractivity contribution in [1.82, 2.24) is 5.32 Å². The molecule has 0 aliphatic heterocycles. The van der Waals surface area contributed by atoms with E-state index < -0.39 is 0 Å². The van der Waals surface area contributed by atoms with Crippen molar-refractivity contribution >= 4 is 0 Å². The van der Waals surface area contributed by atoms with Gasteiger partial charge >= 0.3 is 0 Å². The molecule has 0 amide bonds. The summed E-state index contributed by atoms with van der Waals surface area (Å²) in [6, 6.07) is 0.477. The molecule has 15 heavy (non-hydrogen) atoms. The maximum absolute atomic E-state index is 6.16. The number of likely N-dealkylation sites (N-methyl/N-ethyl adjacent to an activating group) is 1. The summed E-state index contributed by atoms with van der Waals surface area (Å²) in [5, 5.41) is 3.44. The van der Waals surface area contributed by atoms with Gasteiger partial charge in [-0.15, -0.1) is 0 Å². The van der Waals surface area contributed by atoms with Gasteiger partial charge in [0.15, 0.2) is 0 Å². The Morgan fingerprint density at radius 2 is 1.87 bits per heavy atom. The second kappa shape index (κ2) is 4.42. The molecule has 1 aliphatic carbocycles. The molecule has 1 rings (SSSR count). The summed E-state index contributed by atoms with van der Waals surface area (Å²) in [6.07, 6.45) is 4.12. The first-order valence-electron chi connectivity index (χ1n) is 6.11. The Labute approximate surface area is 94.8 Å². The topological polar surface area (TPSA) is 21.3 Å². The van der Waals surface area contributed by atoms with Crippen LogP contribution in [-0.2, 0) is 4.74 Å². The van der Waals surface area contributed by atoms with Gasteiger partial charge in [0, 0.05) is 6.04 Å². The van der Waals surface area contributed by atoms with Crippen molar-refractivity contribution in [2.45, 2.75) is 71.6 Å². The number of ether oxygens (including phenoxy) is 1. The van der Waals surface area contributed by atoms with Crippen LogP contribution in [0.1, 0.15) is 53.9 Å². The minimum Gasteiger partial charge on any atom is -0.371 e. The predicted octanol–water partition coefficient (Wildman–Crippen LogP) is 2.97. The second-order valence-electron chi connectivity index (χ2n) is 6.42. The molecule has 0 radical (unpaired) electrons. The Morgan fingerprint density at radius 1 is 1.27 bits per heavy atom. The predicted molar refractivity (Wildman–Crippen MR) is 65.1 cm³/mol. The maximum Gasteiger partial charge on any atom is 0.0740 e. The van der Waals surface area contributed by atoms with Gasteiger partial charge in [0.05, 0.1) is 11.7 Å². The smallest absolute Gasteiger partial charge is 0.0740 e. The highest BCUT2D eigenvalue weighted by atomic mass is 16.5. The summed E-state index contributed by atoms with van der Waals surface area (Å²) in [4.78, 5) is 0. The van der Waals surface area contributed by atoms with Gasteiger partial charge in [-0.1, -0.05) is 20.3 Å². The molecule has 0 bridgehead atoms. The van der Waals surface area contributed by atoms with E-state index in [4.69, 9.17) is 4.74 Å². The van der Waals surface area contributed by atoms with Crippen molar-refractivity contribution in [2.24, 2.45) is 5.41 Å². The van der Waals surface area contributed by atoms with Gasteiger partial charge < -0.3 is 10.1 Å². The van der Waals surface area contributed by atoms with Crippen LogP contribution in [0, 0.1) is 5.41 Å². The van der Waals surface area contributed by atoms with Crippen LogP contribution >= 0.6 is 0 Å². The van der Waals surface area contributed by atoms with Gasteiger partial charge in [0.25, 0.3) is 0 Å². The van der Waals surface area contributed by atoms with Gasteiger partial charge in [-0.25, -0.2) is 0 Å². The Bertz CT molecular complexity index is 205. The van der Waals surface area contributed by atoms with E-state index in [0.29, 0.717) is 17.6 Å². The Balaban J connectivity index is 2.70. The standard InChI is InChI=1S/C13H27NO/c1-12(2,3)15-10-8-7-9-13(4,5)11(10)14-6/h10-11,14H,7-9H2,1-6H3. The average molecular weight is 213 g/mol. The first-order valence-corrected chi connectivity index (χ1v) is 6.11. The number of hydrogen-bond acceptors (Lipinski definition) is 2. The van der Waals surface area contributed by atoms with E-state index in [2.05, 4.69) is 47.0 Å². The van der Waals surface area contributed by atoms with Crippen LogP contribution in [-0.4, -0.2) is 24.8 Å². The van der Waals surface area contributed by atoms with Crippen LogP contribution in [0.25, 0.3) is 0 Å². The molecular weight excluding hydrogens is 186 g/mol. The van der Waals surface area contributed by atoms with Crippen molar-refractivity contribution in [3.63, 3.8) is 0 Å². The molecule has 1 saturated carbocycles. The molecule has 1 N–H and O–H groups in total. The molecule has 0 saturated heterocycles. The van der Waals surface area contributed by atoms with Crippen LogP contribution in [0.4, 0.5) is 0 Å². The Morgan fingerprint density at radius 3 is 2.33 bits per heavy atom. The lowest BCUT2D eigenvalue weighted by atomic mass is 9.71. The van der Waals surface area contributed by atoms with E-state index >= 15 is 0 Å². The first-order chi connectivity index (χ1) is 6.76. The quantitative estimate of drug-likeness (QED) is 0.761. The van der Waals surface area contributed by atoms with E-state index in [1.807, 2.05) is 0 Å². The SMILES string of the molecule is CNC1C(OC(C)(C)C)CCCC1(C)C. The van der Waals surface area contributed by atoms with Crippen LogP contribution in [0.2, 0.25) is 0 Å². The zero-order chi connectivity index (χ0) is 11.7. The highest BCUT2D eigenvalue weighted by molar-refractivity contribution is 4.94. The molecule has 2 heteroatoms. The molecule has 0 heterocycles. The molecule has 2 atom stereocenters. The molecule has 2 unspecified atom stereocenters. The number of nitrogens with one attached hydrogen (secondary N) is 1. The van der Waals surface area contributed by atoms with Gasteiger partial charge in [0.2, 0.25) is 0 Å². The van der Waals surface area contributed by atoms with Crippen LogP contribution in [0.15, 0.2) is 0 Å².